The number of carboxylic acids is 1. The first-order valence-electron chi connectivity index (χ1n) is 5.18. The van der Waals surface area contributed by atoms with Gasteiger partial charge in [-0.1, -0.05) is 0 Å². The maximum absolute atomic E-state index is 10.8. The van der Waals surface area contributed by atoms with E-state index in [4.69, 9.17) is 9.84 Å². The van der Waals surface area contributed by atoms with E-state index in [-0.39, 0.29) is 23.9 Å². The fraction of sp³-hybridized carbons (Fsp3) is 0.900. The van der Waals surface area contributed by atoms with E-state index in [0.717, 1.165) is 39.1 Å². The maximum atomic E-state index is 10.8. The molecular formula is C10H18ClNO3. The molecular weight excluding hydrogens is 218 g/mol. The molecule has 2 rings (SSSR count). The second-order valence-corrected chi connectivity index (χ2v) is 4.54. The third kappa shape index (κ3) is 2.44. The van der Waals surface area contributed by atoms with Crippen LogP contribution in [0.3, 0.4) is 0 Å². The van der Waals surface area contributed by atoms with Gasteiger partial charge in [0.05, 0.1) is 6.61 Å². The number of ether oxygens (including phenoxy) is 1. The number of hydrogen-bond acceptors (Lipinski definition) is 3. The minimum Gasteiger partial charge on any atom is -0.480 e. The van der Waals surface area contributed by atoms with Gasteiger partial charge in [-0.3, -0.25) is 9.69 Å². The Balaban J connectivity index is 0.00000112. The monoisotopic (exact) mass is 235 g/mol. The number of likely N-dealkylation sites (tertiary alicyclic amines) is 1. The molecule has 0 aliphatic carbocycles. The van der Waals surface area contributed by atoms with Crippen molar-refractivity contribution >= 4 is 18.4 Å². The third-order valence-corrected chi connectivity index (χ3v) is 3.56. The summed E-state index contributed by atoms with van der Waals surface area (Å²) in [4.78, 5) is 12.9. The van der Waals surface area contributed by atoms with E-state index in [2.05, 4.69) is 4.90 Å². The van der Waals surface area contributed by atoms with Crippen molar-refractivity contribution in [2.45, 2.75) is 25.8 Å². The summed E-state index contributed by atoms with van der Waals surface area (Å²) in [6.07, 6.45) is 2.18. The van der Waals surface area contributed by atoms with Crippen LogP contribution in [0.5, 0.6) is 0 Å². The van der Waals surface area contributed by atoms with Crippen molar-refractivity contribution < 1.29 is 14.6 Å². The van der Waals surface area contributed by atoms with E-state index < -0.39 is 5.97 Å². The molecule has 2 saturated heterocycles. The molecule has 0 radical (unpaired) electrons. The lowest BCUT2D eigenvalue weighted by Crippen LogP contribution is -2.39. The van der Waals surface area contributed by atoms with Crippen molar-refractivity contribution in [1.29, 1.82) is 0 Å². The van der Waals surface area contributed by atoms with E-state index in [0.29, 0.717) is 0 Å². The Morgan fingerprint density at radius 1 is 1.53 bits per heavy atom. The normalized spacial score (nSPS) is 32.9. The number of carboxylic acid groups (broad SMARTS) is 1. The smallest absolute Gasteiger partial charge is 0.320 e. The molecule has 4 nitrogen and oxygen atoms in total. The van der Waals surface area contributed by atoms with Gasteiger partial charge in [0.15, 0.2) is 0 Å². The van der Waals surface area contributed by atoms with Crippen molar-refractivity contribution in [3.63, 3.8) is 0 Å². The zero-order chi connectivity index (χ0) is 10.2. The Morgan fingerprint density at radius 3 is 2.80 bits per heavy atom. The van der Waals surface area contributed by atoms with Crippen LogP contribution in [0.4, 0.5) is 0 Å². The topological polar surface area (TPSA) is 49.8 Å². The van der Waals surface area contributed by atoms with Crippen molar-refractivity contribution in [2.24, 2.45) is 5.41 Å². The molecule has 2 aliphatic heterocycles. The lowest BCUT2D eigenvalue weighted by molar-refractivity contribution is -0.142. The summed E-state index contributed by atoms with van der Waals surface area (Å²) in [5.74, 6) is -0.721. The molecule has 0 aromatic carbocycles. The number of carbonyl (C=O) groups is 1. The summed E-state index contributed by atoms with van der Waals surface area (Å²) in [5.41, 5.74) is 0.268. The van der Waals surface area contributed by atoms with E-state index in [9.17, 15) is 4.79 Å². The molecule has 0 amide bonds. The fourth-order valence-corrected chi connectivity index (χ4v) is 2.43. The second kappa shape index (κ2) is 4.68. The number of nitrogens with zero attached hydrogens (tertiary/aromatic N) is 1. The molecule has 15 heavy (non-hydrogen) atoms. The molecule has 0 aromatic heterocycles. The summed E-state index contributed by atoms with van der Waals surface area (Å²) < 4.78 is 5.40. The summed E-state index contributed by atoms with van der Waals surface area (Å²) in [7, 11) is 0. The summed E-state index contributed by atoms with van der Waals surface area (Å²) in [6, 6.07) is -0.352. The van der Waals surface area contributed by atoms with Gasteiger partial charge in [0.25, 0.3) is 0 Å². The predicted molar refractivity (Wildman–Crippen MR) is 58.4 cm³/mol. The minimum atomic E-state index is -0.721. The first kappa shape index (κ1) is 12.7. The lowest BCUT2D eigenvalue weighted by atomic mass is 9.87. The predicted octanol–water partition coefficient (Wildman–Crippen LogP) is 0.994. The van der Waals surface area contributed by atoms with Gasteiger partial charge in [-0.25, -0.2) is 0 Å². The molecule has 2 atom stereocenters. The molecule has 0 saturated carbocycles. The molecule has 5 heteroatoms. The van der Waals surface area contributed by atoms with Gasteiger partial charge in [0.2, 0.25) is 0 Å². The Bertz CT molecular complexity index is 241. The minimum absolute atomic E-state index is 0. The van der Waals surface area contributed by atoms with Crippen LogP contribution in [0, 0.1) is 5.41 Å². The molecule has 0 aromatic rings. The highest BCUT2D eigenvalue weighted by Gasteiger charge is 2.43. The Morgan fingerprint density at radius 2 is 2.27 bits per heavy atom. The van der Waals surface area contributed by atoms with Crippen LogP contribution in [0.1, 0.15) is 19.8 Å². The van der Waals surface area contributed by atoms with Crippen LogP contribution in [-0.2, 0) is 9.53 Å². The van der Waals surface area contributed by atoms with Gasteiger partial charge in [0.1, 0.15) is 6.04 Å². The number of aliphatic carboxylic acids is 1. The van der Waals surface area contributed by atoms with Crippen molar-refractivity contribution in [3.05, 3.63) is 0 Å². The highest BCUT2D eigenvalue weighted by molar-refractivity contribution is 5.85. The quantitative estimate of drug-likeness (QED) is 0.776. The van der Waals surface area contributed by atoms with Crippen molar-refractivity contribution in [1.82, 2.24) is 4.90 Å². The van der Waals surface area contributed by atoms with Crippen molar-refractivity contribution in [2.75, 3.05) is 26.3 Å². The second-order valence-electron chi connectivity index (χ2n) is 4.54. The van der Waals surface area contributed by atoms with Crippen LogP contribution < -0.4 is 0 Å². The number of rotatable bonds is 2. The molecule has 2 fully saturated rings. The zero-order valence-corrected chi connectivity index (χ0v) is 9.76. The molecule has 2 unspecified atom stereocenters. The lowest BCUT2D eigenvalue weighted by Gasteiger charge is -2.24. The van der Waals surface area contributed by atoms with Gasteiger partial charge in [-0.05, 0) is 26.3 Å². The highest BCUT2D eigenvalue weighted by Crippen LogP contribution is 2.38. The van der Waals surface area contributed by atoms with Crippen LogP contribution in [0.25, 0.3) is 0 Å². The zero-order valence-electron chi connectivity index (χ0n) is 8.94. The molecule has 2 heterocycles. The van der Waals surface area contributed by atoms with Gasteiger partial charge >= 0.3 is 5.97 Å². The summed E-state index contributed by atoms with van der Waals surface area (Å²) in [5, 5.41) is 8.90. The van der Waals surface area contributed by atoms with E-state index in [1.54, 1.807) is 6.92 Å². The molecule has 1 N–H and O–H groups in total. The fourth-order valence-electron chi connectivity index (χ4n) is 2.43. The summed E-state index contributed by atoms with van der Waals surface area (Å²) >= 11 is 0. The average Bonchev–Trinajstić information content (AvgIpc) is 2.76. The SMILES string of the molecule is CC(C(=O)O)N1CCC2(CCOC2)C1.Cl. The van der Waals surface area contributed by atoms with E-state index >= 15 is 0 Å². The van der Waals surface area contributed by atoms with Gasteiger partial charge < -0.3 is 9.84 Å². The first-order valence-corrected chi connectivity index (χ1v) is 5.18. The Labute approximate surface area is 96.0 Å². The van der Waals surface area contributed by atoms with E-state index in [1.165, 1.54) is 0 Å². The standard InChI is InChI=1S/C10H17NO3.ClH/c1-8(9(12)13)11-4-2-10(6-11)3-5-14-7-10;/h8H,2-7H2,1H3,(H,12,13);1H. The van der Waals surface area contributed by atoms with Crippen molar-refractivity contribution in [3.8, 4) is 0 Å². The molecule has 0 bridgehead atoms. The number of hydrogen-bond donors (Lipinski definition) is 1. The molecule has 88 valence electrons. The van der Waals surface area contributed by atoms with Crippen LogP contribution >= 0.6 is 12.4 Å². The molecule has 2 aliphatic rings. The Kier molecular flexibility index (Phi) is 3.98. The third-order valence-electron chi connectivity index (χ3n) is 3.56. The summed E-state index contributed by atoms with van der Waals surface area (Å²) in [6.45, 7) is 5.21. The van der Waals surface area contributed by atoms with Crippen LogP contribution in [0.15, 0.2) is 0 Å². The van der Waals surface area contributed by atoms with Crippen LogP contribution in [0.2, 0.25) is 0 Å². The molecule has 1 spiro atoms. The van der Waals surface area contributed by atoms with E-state index in [1.807, 2.05) is 0 Å². The first-order chi connectivity index (χ1) is 6.63. The average molecular weight is 236 g/mol. The maximum Gasteiger partial charge on any atom is 0.320 e. The van der Waals surface area contributed by atoms with Gasteiger partial charge in [-0.15, -0.1) is 12.4 Å². The largest absolute Gasteiger partial charge is 0.480 e. The highest BCUT2D eigenvalue weighted by atomic mass is 35.5. The number of halogens is 1. The van der Waals surface area contributed by atoms with Crippen LogP contribution in [-0.4, -0.2) is 48.3 Å². The van der Waals surface area contributed by atoms with Gasteiger partial charge in [0, 0.05) is 18.6 Å². The Hall–Kier alpha value is -0.320. The van der Waals surface area contributed by atoms with Gasteiger partial charge in [-0.2, -0.15) is 0 Å².